The molecule has 0 aromatic carbocycles. The number of nitrogen functional groups attached to an aromatic ring is 1. The minimum Gasteiger partial charge on any atom is -0.327 e. The molecule has 0 spiro atoms. The van der Waals surface area contributed by atoms with Gasteiger partial charge in [-0.3, -0.25) is 14.9 Å². The van der Waals surface area contributed by atoms with E-state index in [4.69, 9.17) is 11.6 Å². The van der Waals surface area contributed by atoms with Crippen molar-refractivity contribution < 1.29 is 4.79 Å². The van der Waals surface area contributed by atoms with Crippen molar-refractivity contribution in [2.24, 2.45) is 11.6 Å². The number of hydrogen-bond acceptors (Lipinski definition) is 6. The van der Waals surface area contributed by atoms with Crippen molar-refractivity contribution in [1.82, 2.24) is 20.4 Å². The molecule has 1 unspecified atom stereocenters. The quantitative estimate of drug-likeness (QED) is 0.259. The van der Waals surface area contributed by atoms with E-state index in [1.807, 2.05) is 5.43 Å². The molecule has 0 radical (unpaired) electrons. The summed E-state index contributed by atoms with van der Waals surface area (Å²) in [6, 6.07) is 0.245. The number of nitrogens with one attached hydrogen (secondary N) is 1. The summed E-state index contributed by atoms with van der Waals surface area (Å²) >= 11 is 1.77. The molecule has 0 aliphatic rings. The van der Waals surface area contributed by atoms with Crippen molar-refractivity contribution in [2.45, 2.75) is 25.9 Å². The van der Waals surface area contributed by atoms with Crippen molar-refractivity contribution in [3.63, 3.8) is 0 Å². The first-order chi connectivity index (χ1) is 8.17. The minimum absolute atomic E-state index is 0.225. The summed E-state index contributed by atoms with van der Waals surface area (Å²) in [4.78, 5) is 11.1. The average Bonchev–Trinajstić information content (AvgIpc) is 2.82. The van der Waals surface area contributed by atoms with E-state index >= 15 is 0 Å². The van der Waals surface area contributed by atoms with Gasteiger partial charge in [0, 0.05) is 17.5 Å². The first-order valence-corrected chi connectivity index (χ1v) is 6.57. The molecule has 1 aromatic heterocycles. The van der Waals surface area contributed by atoms with Crippen molar-refractivity contribution in [3.8, 4) is 0 Å². The smallest absolute Gasteiger partial charge is 0.287 e. The average molecular weight is 258 g/mol. The van der Waals surface area contributed by atoms with E-state index in [0.717, 1.165) is 17.9 Å². The number of carbonyl (C=O) groups is 1. The highest BCUT2D eigenvalue weighted by atomic mass is 32.2. The second kappa shape index (κ2) is 7.25. The number of nitrogens with two attached hydrogens (primary N) is 2. The second-order valence-electron chi connectivity index (χ2n) is 3.58. The van der Waals surface area contributed by atoms with Crippen LogP contribution in [0.3, 0.4) is 0 Å². The number of hydrogen-bond donors (Lipinski definition) is 3. The summed E-state index contributed by atoms with van der Waals surface area (Å²) in [5, 5.41) is 7.53. The maximum absolute atomic E-state index is 11.1. The third kappa shape index (κ3) is 4.72. The number of carbonyl (C=O) groups excluding carboxylic acids is 1. The Labute approximate surface area is 104 Å². The van der Waals surface area contributed by atoms with Gasteiger partial charge in [-0.25, -0.2) is 5.84 Å². The number of thioether (sulfide) groups is 1. The highest BCUT2D eigenvalue weighted by Crippen LogP contribution is 2.04. The molecule has 96 valence electrons. The number of aromatic nitrogens is 3. The topological polar surface area (TPSA) is 112 Å². The van der Waals surface area contributed by atoms with Crippen LogP contribution in [0.4, 0.5) is 0 Å². The van der Waals surface area contributed by atoms with Crippen LogP contribution in [0.5, 0.6) is 0 Å². The Morgan fingerprint density at radius 3 is 3.12 bits per heavy atom. The highest BCUT2D eigenvalue weighted by molar-refractivity contribution is 7.99. The van der Waals surface area contributed by atoms with E-state index in [9.17, 15) is 4.79 Å². The molecule has 0 aliphatic carbocycles. The van der Waals surface area contributed by atoms with E-state index in [1.54, 1.807) is 22.6 Å². The van der Waals surface area contributed by atoms with Crippen molar-refractivity contribution >= 4 is 17.7 Å². The summed E-state index contributed by atoms with van der Waals surface area (Å²) in [5.74, 6) is 6.38. The SMILES string of the molecule is CCC(N)CSCCn1cc(C(=O)NN)nn1. The molecule has 0 saturated carbocycles. The van der Waals surface area contributed by atoms with Gasteiger partial charge in [0.2, 0.25) is 0 Å². The Morgan fingerprint density at radius 1 is 1.71 bits per heavy atom. The van der Waals surface area contributed by atoms with Crippen LogP contribution in [0.2, 0.25) is 0 Å². The van der Waals surface area contributed by atoms with E-state index in [-0.39, 0.29) is 11.7 Å². The van der Waals surface area contributed by atoms with Gasteiger partial charge in [-0.1, -0.05) is 12.1 Å². The molecular weight excluding hydrogens is 240 g/mol. The molecule has 17 heavy (non-hydrogen) atoms. The summed E-state index contributed by atoms with van der Waals surface area (Å²) in [5.41, 5.74) is 8.02. The predicted molar refractivity (Wildman–Crippen MR) is 67.3 cm³/mol. The molecule has 0 saturated heterocycles. The fourth-order valence-corrected chi connectivity index (χ4v) is 2.12. The van der Waals surface area contributed by atoms with E-state index in [2.05, 4.69) is 17.2 Å². The van der Waals surface area contributed by atoms with Crippen LogP contribution < -0.4 is 17.0 Å². The zero-order chi connectivity index (χ0) is 12.7. The largest absolute Gasteiger partial charge is 0.327 e. The van der Waals surface area contributed by atoms with Crippen molar-refractivity contribution in [2.75, 3.05) is 11.5 Å². The molecule has 8 heteroatoms. The number of amides is 1. The van der Waals surface area contributed by atoms with Crippen LogP contribution in [0.25, 0.3) is 0 Å². The number of nitrogens with zero attached hydrogens (tertiary/aromatic N) is 3. The fourth-order valence-electron chi connectivity index (χ4n) is 1.10. The van der Waals surface area contributed by atoms with Crippen LogP contribution in [-0.4, -0.2) is 38.4 Å². The van der Waals surface area contributed by atoms with Crippen LogP contribution in [0.1, 0.15) is 23.8 Å². The van der Waals surface area contributed by atoms with Crippen LogP contribution in [0, 0.1) is 0 Å². The highest BCUT2D eigenvalue weighted by Gasteiger charge is 2.08. The van der Waals surface area contributed by atoms with E-state index in [0.29, 0.717) is 6.54 Å². The molecule has 1 amide bonds. The monoisotopic (exact) mass is 258 g/mol. The number of aryl methyl sites for hydroxylation is 1. The minimum atomic E-state index is -0.433. The lowest BCUT2D eigenvalue weighted by Crippen LogP contribution is -2.30. The number of hydrazine groups is 1. The van der Waals surface area contributed by atoms with Crippen molar-refractivity contribution in [3.05, 3.63) is 11.9 Å². The Morgan fingerprint density at radius 2 is 2.47 bits per heavy atom. The lowest BCUT2D eigenvalue weighted by molar-refractivity contribution is 0.0948. The van der Waals surface area contributed by atoms with Gasteiger partial charge in [-0.15, -0.1) is 5.10 Å². The third-order valence-corrected chi connectivity index (χ3v) is 3.36. The third-order valence-electron chi connectivity index (χ3n) is 2.22. The molecule has 1 heterocycles. The van der Waals surface area contributed by atoms with Gasteiger partial charge >= 0.3 is 0 Å². The molecule has 0 aliphatic heterocycles. The fraction of sp³-hybridized carbons (Fsp3) is 0.667. The van der Waals surface area contributed by atoms with E-state index in [1.165, 1.54) is 0 Å². The molecule has 1 rings (SSSR count). The molecule has 1 aromatic rings. The lowest BCUT2D eigenvalue weighted by atomic mass is 10.3. The maximum atomic E-state index is 11.1. The van der Waals surface area contributed by atoms with Crippen molar-refractivity contribution in [1.29, 1.82) is 0 Å². The molecular formula is C9H18N6OS. The first-order valence-electron chi connectivity index (χ1n) is 5.41. The molecule has 0 bridgehead atoms. The molecule has 0 fully saturated rings. The van der Waals surface area contributed by atoms with Gasteiger partial charge < -0.3 is 5.73 Å². The van der Waals surface area contributed by atoms with Crippen LogP contribution in [-0.2, 0) is 6.54 Å². The van der Waals surface area contributed by atoms with Crippen LogP contribution >= 0.6 is 11.8 Å². The zero-order valence-electron chi connectivity index (χ0n) is 9.80. The van der Waals surface area contributed by atoms with Gasteiger partial charge in [-0.2, -0.15) is 11.8 Å². The standard InChI is InChI=1S/C9H18N6OS/c1-2-7(10)6-17-4-3-15-5-8(13-14-15)9(16)12-11/h5,7H,2-4,6,10-11H2,1H3,(H,12,16). The summed E-state index contributed by atoms with van der Waals surface area (Å²) in [6.45, 7) is 2.77. The molecule has 5 N–H and O–H groups in total. The normalized spacial score (nSPS) is 12.4. The lowest BCUT2D eigenvalue weighted by Gasteiger charge is -2.07. The van der Waals surface area contributed by atoms with E-state index < -0.39 is 5.91 Å². The molecule has 1 atom stereocenters. The Hall–Kier alpha value is -1.12. The Bertz CT molecular complexity index is 355. The summed E-state index contributed by atoms with van der Waals surface area (Å²) < 4.78 is 1.62. The van der Waals surface area contributed by atoms with Gasteiger partial charge in [0.1, 0.15) is 0 Å². The van der Waals surface area contributed by atoms with Gasteiger partial charge in [-0.05, 0) is 6.42 Å². The van der Waals surface area contributed by atoms with Gasteiger partial charge in [0.25, 0.3) is 5.91 Å². The van der Waals surface area contributed by atoms with Crippen LogP contribution in [0.15, 0.2) is 6.20 Å². The number of rotatable bonds is 7. The summed E-state index contributed by atoms with van der Waals surface area (Å²) in [6.07, 6.45) is 2.56. The van der Waals surface area contributed by atoms with Gasteiger partial charge in [0.15, 0.2) is 5.69 Å². The predicted octanol–water partition coefficient (Wildman–Crippen LogP) is -0.648. The Balaban J connectivity index is 2.28. The second-order valence-corrected chi connectivity index (χ2v) is 4.73. The van der Waals surface area contributed by atoms with Gasteiger partial charge in [0.05, 0.1) is 12.7 Å². The maximum Gasteiger partial charge on any atom is 0.287 e. The molecule has 7 nitrogen and oxygen atoms in total. The zero-order valence-corrected chi connectivity index (χ0v) is 10.6. The first kappa shape index (κ1) is 13.9. The Kier molecular flexibility index (Phi) is 5.95. The summed E-state index contributed by atoms with van der Waals surface area (Å²) in [7, 11) is 0.